The highest BCUT2D eigenvalue weighted by Crippen LogP contribution is 2.26. The number of sulfonamides is 1. The minimum atomic E-state index is -4.07. The van der Waals surface area contributed by atoms with Gasteiger partial charge in [0, 0.05) is 6.54 Å². The number of benzene rings is 2. The Bertz CT molecular complexity index is 1140. The van der Waals surface area contributed by atoms with Crippen LogP contribution in [0.3, 0.4) is 0 Å². The molecule has 9 nitrogen and oxygen atoms in total. The van der Waals surface area contributed by atoms with Gasteiger partial charge in [-0.05, 0) is 63.6 Å². The van der Waals surface area contributed by atoms with Crippen LogP contribution in [0.4, 0.5) is 5.69 Å². The molecule has 2 aromatic carbocycles. The molecule has 0 atom stereocenters. The highest BCUT2D eigenvalue weighted by Gasteiger charge is 2.25. The third-order valence-corrected chi connectivity index (χ3v) is 5.82. The van der Waals surface area contributed by atoms with Crippen LogP contribution in [-0.2, 0) is 19.6 Å². The summed E-state index contributed by atoms with van der Waals surface area (Å²) in [5.41, 5.74) is -0.271. The molecule has 172 valence electrons. The summed E-state index contributed by atoms with van der Waals surface area (Å²) < 4.78 is 33.6. The van der Waals surface area contributed by atoms with E-state index >= 15 is 0 Å². The minimum Gasteiger partial charge on any atom is -0.481 e. The molecule has 0 spiro atoms. The van der Waals surface area contributed by atoms with E-state index in [1.807, 2.05) is 0 Å². The minimum absolute atomic E-state index is 0.0444. The molecule has 0 saturated heterocycles. The largest absolute Gasteiger partial charge is 0.481 e. The van der Waals surface area contributed by atoms with Gasteiger partial charge < -0.3 is 15.2 Å². The quantitative estimate of drug-likeness (QED) is 0.405. The highest BCUT2D eigenvalue weighted by molar-refractivity contribution is 7.92. The molecule has 0 aromatic heterocycles. The number of aliphatic carboxylic acids is 1. The number of amides is 1. The second kappa shape index (κ2) is 9.82. The average Bonchev–Trinajstić information content (AvgIpc) is 2.66. The first-order valence-electron chi connectivity index (χ1n) is 9.76. The highest BCUT2D eigenvalue weighted by atomic mass is 32.2. The van der Waals surface area contributed by atoms with Gasteiger partial charge >= 0.3 is 11.9 Å². The van der Waals surface area contributed by atoms with Crippen LogP contribution < -0.4 is 14.8 Å². The Morgan fingerprint density at radius 3 is 2.31 bits per heavy atom. The molecule has 0 unspecified atom stereocenters. The molecule has 0 radical (unpaired) electrons. The monoisotopic (exact) mass is 462 g/mol. The molecular formula is C22H26N2O7S. The fraction of sp³-hybridized carbons (Fsp3) is 0.318. The van der Waals surface area contributed by atoms with Gasteiger partial charge in [-0.2, -0.15) is 0 Å². The number of para-hydroxylation sites is 1. The molecule has 0 bridgehead atoms. The molecule has 0 aliphatic rings. The zero-order valence-electron chi connectivity index (χ0n) is 18.3. The first kappa shape index (κ1) is 24.9. The van der Waals surface area contributed by atoms with E-state index in [4.69, 9.17) is 9.84 Å². The van der Waals surface area contributed by atoms with Crippen molar-refractivity contribution in [2.24, 2.45) is 5.41 Å². The molecule has 3 N–H and O–H groups in total. The fourth-order valence-corrected chi connectivity index (χ4v) is 3.90. The second-order valence-corrected chi connectivity index (χ2v) is 9.77. The van der Waals surface area contributed by atoms with Crippen molar-refractivity contribution >= 4 is 33.6 Å². The second-order valence-electron chi connectivity index (χ2n) is 8.12. The van der Waals surface area contributed by atoms with Gasteiger partial charge in [0.15, 0.2) is 0 Å². The number of carbonyl (C=O) groups is 3. The van der Waals surface area contributed by atoms with E-state index in [0.717, 1.165) is 0 Å². The van der Waals surface area contributed by atoms with Gasteiger partial charge in [0.25, 0.3) is 15.9 Å². The first-order chi connectivity index (χ1) is 14.8. The maximum absolute atomic E-state index is 13.0. The molecule has 2 rings (SSSR count). The smallest absolute Gasteiger partial charge is 0.316 e. The normalized spacial score (nSPS) is 11.5. The van der Waals surface area contributed by atoms with Crippen LogP contribution in [0.2, 0.25) is 0 Å². The Kier molecular flexibility index (Phi) is 7.63. The number of hydrogen-bond acceptors (Lipinski definition) is 6. The molecule has 2 aromatic rings. The van der Waals surface area contributed by atoms with Gasteiger partial charge in [-0.1, -0.05) is 12.1 Å². The molecule has 10 heteroatoms. The molecule has 0 aliphatic heterocycles. The van der Waals surface area contributed by atoms with Crippen molar-refractivity contribution in [3.05, 3.63) is 53.6 Å². The van der Waals surface area contributed by atoms with Crippen LogP contribution in [0.5, 0.6) is 5.75 Å². The lowest BCUT2D eigenvalue weighted by atomic mass is 9.97. The number of anilines is 1. The van der Waals surface area contributed by atoms with E-state index < -0.39 is 33.3 Å². The third kappa shape index (κ3) is 6.55. The van der Waals surface area contributed by atoms with Crippen LogP contribution >= 0.6 is 0 Å². The van der Waals surface area contributed by atoms with E-state index in [2.05, 4.69) is 10.0 Å². The van der Waals surface area contributed by atoms with E-state index in [1.54, 1.807) is 39.8 Å². The zero-order chi connectivity index (χ0) is 24.1. The number of rotatable bonds is 8. The van der Waals surface area contributed by atoms with Crippen LogP contribution in [-0.4, -0.2) is 37.9 Å². The van der Waals surface area contributed by atoms with Crippen LogP contribution in [0.25, 0.3) is 0 Å². The maximum atomic E-state index is 13.0. The van der Waals surface area contributed by atoms with Crippen LogP contribution in [0, 0.1) is 12.3 Å². The van der Waals surface area contributed by atoms with Crippen molar-refractivity contribution < 1.29 is 32.6 Å². The van der Waals surface area contributed by atoms with E-state index in [1.165, 1.54) is 30.3 Å². The predicted molar refractivity (Wildman–Crippen MR) is 118 cm³/mol. The van der Waals surface area contributed by atoms with Gasteiger partial charge in [0.05, 0.1) is 28.0 Å². The summed E-state index contributed by atoms with van der Waals surface area (Å²) in [5.74, 6) is -1.90. The molecule has 1 amide bonds. The number of aryl methyl sites for hydroxylation is 1. The van der Waals surface area contributed by atoms with Crippen LogP contribution in [0.15, 0.2) is 47.4 Å². The number of nitrogens with one attached hydrogen (secondary N) is 2. The van der Waals surface area contributed by atoms with Crippen molar-refractivity contribution in [1.29, 1.82) is 0 Å². The Morgan fingerprint density at radius 1 is 1.06 bits per heavy atom. The lowest BCUT2D eigenvalue weighted by molar-refractivity contribution is -0.143. The summed E-state index contributed by atoms with van der Waals surface area (Å²) in [6.45, 7) is 6.59. The van der Waals surface area contributed by atoms with E-state index in [-0.39, 0.29) is 34.9 Å². The number of carboxylic acid groups (broad SMARTS) is 1. The van der Waals surface area contributed by atoms with Gasteiger partial charge in [-0.15, -0.1) is 0 Å². The van der Waals surface area contributed by atoms with Gasteiger partial charge in [-0.25, -0.2) is 8.42 Å². The number of esters is 1. The van der Waals surface area contributed by atoms with Gasteiger partial charge in [-0.3, -0.25) is 19.1 Å². The molecule has 0 aliphatic carbocycles. The van der Waals surface area contributed by atoms with Crippen molar-refractivity contribution in [3.63, 3.8) is 0 Å². The van der Waals surface area contributed by atoms with E-state index in [9.17, 15) is 22.8 Å². The Morgan fingerprint density at radius 2 is 1.72 bits per heavy atom. The van der Waals surface area contributed by atoms with Crippen molar-refractivity contribution in [3.8, 4) is 5.75 Å². The van der Waals surface area contributed by atoms with Crippen molar-refractivity contribution in [1.82, 2.24) is 5.32 Å². The van der Waals surface area contributed by atoms with E-state index in [0.29, 0.717) is 5.56 Å². The lowest BCUT2D eigenvalue weighted by Crippen LogP contribution is -2.27. The molecule has 0 heterocycles. The standard InChI is InChI=1S/C22H26N2O7S/c1-14-13-15(31-21(28)22(2,3)4)9-10-18(14)32(29,30)24-17-8-6-5-7-16(17)20(27)23-12-11-19(25)26/h5-10,13,24H,11-12H2,1-4H3,(H,23,27)(H,25,26). The number of ether oxygens (including phenoxy) is 1. The average molecular weight is 463 g/mol. The Balaban J connectivity index is 2.24. The van der Waals surface area contributed by atoms with Crippen molar-refractivity contribution in [2.45, 2.75) is 39.0 Å². The number of hydrogen-bond donors (Lipinski definition) is 3. The topological polar surface area (TPSA) is 139 Å². The maximum Gasteiger partial charge on any atom is 0.316 e. The molecule has 32 heavy (non-hydrogen) atoms. The predicted octanol–water partition coefficient (Wildman–Crippen LogP) is 2.95. The zero-order valence-corrected chi connectivity index (χ0v) is 19.1. The number of carbonyl (C=O) groups excluding carboxylic acids is 2. The number of carboxylic acids is 1. The molecule has 0 saturated carbocycles. The molecule has 0 fully saturated rings. The van der Waals surface area contributed by atoms with Crippen LogP contribution in [0.1, 0.15) is 43.1 Å². The summed E-state index contributed by atoms with van der Waals surface area (Å²) in [7, 11) is -4.07. The van der Waals surface area contributed by atoms with Gasteiger partial charge in [0.2, 0.25) is 0 Å². The summed E-state index contributed by atoms with van der Waals surface area (Å²) in [6.07, 6.45) is -0.259. The summed E-state index contributed by atoms with van der Waals surface area (Å²) in [6, 6.07) is 10.1. The lowest BCUT2D eigenvalue weighted by Gasteiger charge is -2.17. The first-order valence-corrected chi connectivity index (χ1v) is 11.2. The summed E-state index contributed by atoms with van der Waals surface area (Å²) in [4.78, 5) is 35.0. The Labute approximate surface area is 186 Å². The molecular weight excluding hydrogens is 436 g/mol. The Hall–Kier alpha value is -3.40. The van der Waals surface area contributed by atoms with Crippen molar-refractivity contribution in [2.75, 3.05) is 11.3 Å². The SMILES string of the molecule is Cc1cc(OC(=O)C(C)(C)C)ccc1S(=O)(=O)Nc1ccccc1C(=O)NCCC(=O)O. The third-order valence-electron chi connectivity index (χ3n) is 4.30. The fourth-order valence-electron chi connectivity index (χ4n) is 2.60. The van der Waals surface area contributed by atoms with Gasteiger partial charge in [0.1, 0.15) is 5.75 Å². The summed E-state index contributed by atoms with van der Waals surface area (Å²) >= 11 is 0. The summed E-state index contributed by atoms with van der Waals surface area (Å²) in [5, 5.41) is 11.1.